The lowest BCUT2D eigenvalue weighted by Gasteiger charge is -2.41. The van der Waals surface area contributed by atoms with Crippen molar-refractivity contribution >= 4 is 0 Å². The topological polar surface area (TPSA) is 120 Å². The molecule has 0 fully saturated rings. The smallest absolute Gasteiger partial charge is 0.194 e. The third kappa shape index (κ3) is 1.95. The Kier molecular flexibility index (Phi) is 3.45. The average Bonchev–Trinajstić information content (AvgIpc) is 3.00. The van der Waals surface area contributed by atoms with Crippen molar-refractivity contribution in [2.45, 2.75) is 12.8 Å². The highest BCUT2D eigenvalue weighted by Gasteiger charge is 2.55. The van der Waals surface area contributed by atoms with Crippen molar-refractivity contribution in [1.82, 2.24) is 0 Å². The zero-order chi connectivity index (χ0) is 16.6. The van der Waals surface area contributed by atoms with Crippen molar-refractivity contribution in [1.29, 1.82) is 15.8 Å². The van der Waals surface area contributed by atoms with Crippen LogP contribution in [0, 0.1) is 52.2 Å². The van der Waals surface area contributed by atoms with Crippen molar-refractivity contribution < 1.29 is 9.15 Å². The second kappa shape index (κ2) is 5.32. The van der Waals surface area contributed by atoms with Gasteiger partial charge >= 0.3 is 0 Å². The Hall–Kier alpha value is -3.01. The number of nitrogens with zero attached hydrogens (tertiary/aromatic N) is 3. The third-order valence-corrected chi connectivity index (χ3v) is 4.50. The second-order valence-electron chi connectivity index (χ2n) is 5.66. The maximum atomic E-state index is 9.76. The standard InChI is InChI=1S/C17H14N4O2/c1-10-2-3-14(23-10)15-13-7-22-5-4-11(13)12(6-18)16(21)17(15,8-19)9-20/h2-4,13,15H,5,7,21H2,1H3/t13-,15-/m0/s1. The van der Waals surface area contributed by atoms with Crippen LogP contribution in [-0.2, 0) is 4.74 Å². The van der Waals surface area contributed by atoms with Crippen LogP contribution >= 0.6 is 0 Å². The van der Waals surface area contributed by atoms with E-state index in [1.807, 2.05) is 12.1 Å². The van der Waals surface area contributed by atoms with E-state index >= 15 is 0 Å². The van der Waals surface area contributed by atoms with E-state index in [-0.39, 0.29) is 17.2 Å². The highest BCUT2D eigenvalue weighted by Crippen LogP contribution is 2.54. The van der Waals surface area contributed by atoms with Crippen LogP contribution in [0.15, 0.2) is 39.5 Å². The molecule has 0 unspecified atom stereocenters. The molecular formula is C17H14N4O2. The van der Waals surface area contributed by atoms with E-state index in [2.05, 4.69) is 6.07 Å². The Balaban J connectivity index is 2.33. The Morgan fingerprint density at radius 1 is 1.26 bits per heavy atom. The monoisotopic (exact) mass is 306 g/mol. The van der Waals surface area contributed by atoms with E-state index in [0.29, 0.717) is 24.7 Å². The van der Waals surface area contributed by atoms with E-state index in [9.17, 15) is 15.8 Å². The van der Waals surface area contributed by atoms with Crippen LogP contribution in [0.2, 0.25) is 0 Å². The molecule has 2 atom stereocenters. The van der Waals surface area contributed by atoms with Gasteiger partial charge in [0.15, 0.2) is 5.41 Å². The van der Waals surface area contributed by atoms with E-state index < -0.39 is 11.3 Å². The van der Waals surface area contributed by atoms with Crippen LogP contribution < -0.4 is 5.73 Å². The van der Waals surface area contributed by atoms with E-state index in [1.54, 1.807) is 25.1 Å². The van der Waals surface area contributed by atoms with Gasteiger partial charge in [-0.05, 0) is 24.6 Å². The minimum absolute atomic E-state index is 0.00606. The van der Waals surface area contributed by atoms with Crippen molar-refractivity contribution in [2.75, 3.05) is 13.2 Å². The van der Waals surface area contributed by atoms with Crippen LogP contribution in [0.1, 0.15) is 17.4 Å². The summed E-state index contributed by atoms with van der Waals surface area (Å²) in [4.78, 5) is 0. The Morgan fingerprint density at radius 3 is 2.57 bits per heavy atom. The summed E-state index contributed by atoms with van der Waals surface area (Å²) in [5.41, 5.74) is 5.40. The molecule has 0 saturated carbocycles. The zero-order valence-corrected chi connectivity index (χ0v) is 12.5. The molecular weight excluding hydrogens is 292 g/mol. The summed E-state index contributed by atoms with van der Waals surface area (Å²) >= 11 is 0. The molecule has 2 heterocycles. The highest BCUT2D eigenvalue weighted by atomic mass is 16.5. The SMILES string of the molecule is Cc1ccc([C@@H]2[C@H]3COCC=C3C(C#N)=C(N)C2(C#N)C#N)o1. The minimum atomic E-state index is -1.65. The van der Waals surface area contributed by atoms with Crippen LogP contribution in [0.4, 0.5) is 0 Å². The fraction of sp³-hybridized carbons (Fsp3) is 0.353. The summed E-state index contributed by atoms with van der Waals surface area (Å²) < 4.78 is 11.2. The molecule has 0 aromatic carbocycles. The molecule has 0 saturated heterocycles. The molecule has 3 rings (SSSR count). The van der Waals surface area contributed by atoms with E-state index in [1.165, 1.54) is 0 Å². The molecule has 2 N–H and O–H groups in total. The largest absolute Gasteiger partial charge is 0.466 e. The predicted octanol–water partition coefficient (Wildman–Crippen LogP) is 2.03. The Morgan fingerprint density at radius 2 is 2.00 bits per heavy atom. The number of hydrogen-bond acceptors (Lipinski definition) is 6. The first-order valence-electron chi connectivity index (χ1n) is 7.16. The maximum absolute atomic E-state index is 9.76. The summed E-state index contributed by atoms with van der Waals surface area (Å²) in [5, 5.41) is 29.0. The van der Waals surface area contributed by atoms with Gasteiger partial charge in [0.05, 0.1) is 42.5 Å². The number of nitrogens with two attached hydrogens (primary N) is 1. The van der Waals surface area contributed by atoms with Gasteiger partial charge in [-0.25, -0.2) is 0 Å². The van der Waals surface area contributed by atoms with Gasteiger partial charge in [-0.3, -0.25) is 0 Å². The van der Waals surface area contributed by atoms with Gasteiger partial charge in [-0.15, -0.1) is 0 Å². The minimum Gasteiger partial charge on any atom is -0.466 e. The van der Waals surface area contributed by atoms with Crippen molar-refractivity contribution in [3.63, 3.8) is 0 Å². The van der Waals surface area contributed by atoms with Gasteiger partial charge < -0.3 is 14.9 Å². The lowest BCUT2D eigenvalue weighted by atomic mass is 9.60. The van der Waals surface area contributed by atoms with E-state index in [4.69, 9.17) is 14.9 Å². The lowest BCUT2D eigenvalue weighted by Crippen LogP contribution is -2.44. The summed E-state index contributed by atoms with van der Waals surface area (Å²) in [6, 6.07) is 9.65. The molecule has 0 bridgehead atoms. The molecule has 0 amide bonds. The maximum Gasteiger partial charge on any atom is 0.194 e. The number of allylic oxidation sites excluding steroid dienone is 2. The Bertz CT molecular complexity index is 827. The van der Waals surface area contributed by atoms with Gasteiger partial charge in [0.25, 0.3) is 0 Å². The number of rotatable bonds is 1. The third-order valence-electron chi connectivity index (χ3n) is 4.50. The lowest BCUT2D eigenvalue weighted by molar-refractivity contribution is 0.0927. The molecule has 6 heteroatoms. The normalized spacial score (nSPS) is 25.6. The van der Waals surface area contributed by atoms with Crippen LogP contribution in [0.25, 0.3) is 0 Å². The molecule has 0 spiro atoms. The quantitative estimate of drug-likeness (QED) is 0.847. The number of furan rings is 1. The van der Waals surface area contributed by atoms with Gasteiger partial charge in [-0.2, -0.15) is 15.8 Å². The summed E-state index contributed by atoms with van der Waals surface area (Å²) in [7, 11) is 0. The predicted molar refractivity (Wildman–Crippen MR) is 79.1 cm³/mol. The number of nitriles is 3. The molecule has 114 valence electrons. The van der Waals surface area contributed by atoms with Crippen molar-refractivity contribution in [3.8, 4) is 18.2 Å². The fourth-order valence-electron chi connectivity index (χ4n) is 3.41. The molecule has 1 aliphatic heterocycles. The average molecular weight is 306 g/mol. The summed E-state index contributed by atoms with van der Waals surface area (Å²) in [5.74, 6) is 0.248. The first-order chi connectivity index (χ1) is 11.1. The first kappa shape index (κ1) is 14.9. The molecule has 1 aliphatic carbocycles. The molecule has 6 nitrogen and oxygen atoms in total. The van der Waals surface area contributed by atoms with Gasteiger partial charge in [0.2, 0.25) is 0 Å². The van der Waals surface area contributed by atoms with Gasteiger partial charge in [-0.1, -0.05) is 6.08 Å². The molecule has 23 heavy (non-hydrogen) atoms. The molecule has 1 aromatic heterocycles. The second-order valence-corrected chi connectivity index (χ2v) is 5.66. The number of fused-ring (bicyclic) bond motifs is 1. The highest BCUT2D eigenvalue weighted by molar-refractivity contribution is 5.58. The summed E-state index contributed by atoms with van der Waals surface area (Å²) in [6.07, 6.45) is 1.79. The van der Waals surface area contributed by atoms with Gasteiger partial charge in [0, 0.05) is 5.92 Å². The number of aryl methyl sites for hydroxylation is 1. The summed E-state index contributed by atoms with van der Waals surface area (Å²) in [6.45, 7) is 2.47. The Labute approximate surface area is 133 Å². The zero-order valence-electron chi connectivity index (χ0n) is 12.5. The molecule has 2 aliphatic rings. The number of ether oxygens (including phenoxy) is 1. The van der Waals surface area contributed by atoms with Crippen LogP contribution in [0.3, 0.4) is 0 Å². The molecule has 0 radical (unpaired) electrons. The molecule has 1 aromatic rings. The van der Waals surface area contributed by atoms with Crippen LogP contribution in [0.5, 0.6) is 0 Å². The fourth-order valence-corrected chi connectivity index (χ4v) is 3.41. The van der Waals surface area contributed by atoms with Gasteiger partial charge in [0.1, 0.15) is 17.6 Å². The number of hydrogen-bond donors (Lipinski definition) is 1. The first-order valence-corrected chi connectivity index (χ1v) is 7.16. The van der Waals surface area contributed by atoms with Crippen molar-refractivity contribution in [3.05, 3.63) is 46.6 Å². The van der Waals surface area contributed by atoms with E-state index in [0.717, 1.165) is 5.57 Å². The van der Waals surface area contributed by atoms with Crippen molar-refractivity contribution in [2.24, 2.45) is 17.1 Å². The van der Waals surface area contributed by atoms with Crippen LogP contribution in [-0.4, -0.2) is 13.2 Å².